The lowest BCUT2D eigenvalue weighted by molar-refractivity contribution is 0.0977. The zero-order valence-corrected chi connectivity index (χ0v) is 12.0. The minimum Gasteiger partial charge on any atom is -0.289 e. The molecule has 20 heavy (non-hydrogen) atoms. The normalized spacial score (nSPS) is 13.1. The number of carbonyl (C=O) groups is 2. The topological polar surface area (TPSA) is 34.1 Å². The quantitative estimate of drug-likeness (QED) is 0.682. The van der Waals surface area contributed by atoms with Crippen LogP contribution in [0.5, 0.6) is 0 Å². The van der Waals surface area contributed by atoms with Crippen molar-refractivity contribution in [1.29, 1.82) is 0 Å². The fraction of sp³-hybridized carbons (Fsp3) is 0.176. The molecule has 100 valence electrons. The van der Waals surface area contributed by atoms with E-state index in [2.05, 4.69) is 6.92 Å². The summed E-state index contributed by atoms with van der Waals surface area (Å²) >= 11 is 1.64. The highest BCUT2D eigenvalue weighted by Gasteiger charge is 2.31. The molecule has 0 saturated carbocycles. The molecule has 0 heterocycles. The Kier molecular flexibility index (Phi) is 3.45. The van der Waals surface area contributed by atoms with Gasteiger partial charge < -0.3 is 0 Å². The SMILES string of the molecule is CCCSc1cccc2c1C(=O)c1ccccc1C2=O. The molecule has 2 aromatic rings. The van der Waals surface area contributed by atoms with Crippen molar-refractivity contribution in [2.75, 3.05) is 5.75 Å². The molecule has 0 amide bonds. The fourth-order valence-electron chi connectivity index (χ4n) is 2.45. The van der Waals surface area contributed by atoms with Crippen molar-refractivity contribution in [3.8, 4) is 0 Å². The van der Waals surface area contributed by atoms with Crippen molar-refractivity contribution in [1.82, 2.24) is 0 Å². The van der Waals surface area contributed by atoms with Crippen LogP contribution in [0.4, 0.5) is 0 Å². The van der Waals surface area contributed by atoms with Gasteiger partial charge in [-0.15, -0.1) is 11.8 Å². The van der Waals surface area contributed by atoms with E-state index in [1.54, 1.807) is 42.1 Å². The summed E-state index contributed by atoms with van der Waals surface area (Å²) in [5.74, 6) is 0.864. The van der Waals surface area contributed by atoms with Crippen molar-refractivity contribution in [2.24, 2.45) is 0 Å². The number of carbonyl (C=O) groups excluding carboxylic acids is 2. The third kappa shape index (κ3) is 1.98. The van der Waals surface area contributed by atoms with E-state index in [0.717, 1.165) is 17.1 Å². The lowest BCUT2D eigenvalue weighted by Gasteiger charge is -2.19. The van der Waals surface area contributed by atoms with Crippen LogP contribution in [-0.2, 0) is 0 Å². The summed E-state index contributed by atoms with van der Waals surface area (Å²) in [6.07, 6.45) is 1.03. The third-order valence-electron chi connectivity index (χ3n) is 3.38. The second kappa shape index (κ2) is 5.25. The summed E-state index contributed by atoms with van der Waals surface area (Å²) in [5.41, 5.74) is 2.15. The first-order chi connectivity index (χ1) is 9.74. The minimum atomic E-state index is -0.0471. The molecule has 3 heteroatoms. The summed E-state index contributed by atoms with van der Waals surface area (Å²) in [6, 6.07) is 12.6. The smallest absolute Gasteiger partial charge is 0.195 e. The zero-order valence-electron chi connectivity index (χ0n) is 11.2. The molecule has 0 saturated heterocycles. The van der Waals surface area contributed by atoms with Gasteiger partial charge in [0.2, 0.25) is 0 Å². The van der Waals surface area contributed by atoms with Gasteiger partial charge in [0.05, 0.1) is 0 Å². The number of rotatable bonds is 3. The monoisotopic (exact) mass is 282 g/mol. The highest BCUT2D eigenvalue weighted by Crippen LogP contribution is 2.34. The molecular formula is C17H14O2S. The maximum Gasteiger partial charge on any atom is 0.195 e. The van der Waals surface area contributed by atoms with Crippen LogP contribution in [0.15, 0.2) is 47.4 Å². The third-order valence-corrected chi connectivity index (χ3v) is 4.64. The van der Waals surface area contributed by atoms with E-state index in [1.165, 1.54) is 0 Å². The molecule has 0 aromatic heterocycles. The molecule has 3 rings (SSSR count). The summed E-state index contributed by atoms with van der Waals surface area (Å²) < 4.78 is 0. The fourth-order valence-corrected chi connectivity index (χ4v) is 3.39. The molecule has 0 bridgehead atoms. The molecule has 2 nitrogen and oxygen atoms in total. The Bertz CT molecular complexity index is 704. The number of hydrogen-bond donors (Lipinski definition) is 0. The van der Waals surface area contributed by atoms with Gasteiger partial charge in [-0.1, -0.05) is 43.3 Å². The van der Waals surface area contributed by atoms with Crippen molar-refractivity contribution in [2.45, 2.75) is 18.2 Å². The van der Waals surface area contributed by atoms with E-state index in [-0.39, 0.29) is 11.6 Å². The molecule has 0 unspecified atom stereocenters. The highest BCUT2D eigenvalue weighted by molar-refractivity contribution is 7.99. The van der Waals surface area contributed by atoms with Crippen LogP contribution in [0.2, 0.25) is 0 Å². The largest absolute Gasteiger partial charge is 0.289 e. The van der Waals surface area contributed by atoms with Gasteiger partial charge in [-0.05, 0) is 18.2 Å². The van der Waals surface area contributed by atoms with Crippen LogP contribution in [0.25, 0.3) is 0 Å². The molecule has 0 atom stereocenters. The Morgan fingerprint density at radius 3 is 2.20 bits per heavy atom. The van der Waals surface area contributed by atoms with E-state index in [4.69, 9.17) is 0 Å². The number of benzene rings is 2. The average Bonchev–Trinajstić information content (AvgIpc) is 2.50. The second-order valence-electron chi connectivity index (χ2n) is 4.73. The van der Waals surface area contributed by atoms with Crippen LogP contribution in [0.1, 0.15) is 45.2 Å². The number of fused-ring (bicyclic) bond motifs is 2. The summed E-state index contributed by atoms with van der Waals surface area (Å²) in [6.45, 7) is 2.10. The van der Waals surface area contributed by atoms with Gasteiger partial charge in [0.1, 0.15) is 0 Å². The van der Waals surface area contributed by atoms with Gasteiger partial charge >= 0.3 is 0 Å². The molecule has 0 aliphatic heterocycles. The molecule has 0 N–H and O–H groups in total. The average molecular weight is 282 g/mol. The maximum atomic E-state index is 12.7. The molecule has 2 aromatic carbocycles. The molecule has 1 aliphatic carbocycles. The van der Waals surface area contributed by atoms with Crippen LogP contribution in [0, 0.1) is 0 Å². The first-order valence-electron chi connectivity index (χ1n) is 6.68. The predicted molar refractivity (Wildman–Crippen MR) is 80.8 cm³/mol. The highest BCUT2D eigenvalue weighted by atomic mass is 32.2. The minimum absolute atomic E-state index is 0.0330. The van der Waals surface area contributed by atoms with Gasteiger partial charge in [0.25, 0.3) is 0 Å². The van der Waals surface area contributed by atoms with Gasteiger partial charge in [0.15, 0.2) is 11.6 Å². The van der Waals surface area contributed by atoms with Gasteiger partial charge in [-0.25, -0.2) is 0 Å². The molecular weight excluding hydrogens is 268 g/mol. The van der Waals surface area contributed by atoms with E-state index >= 15 is 0 Å². The predicted octanol–water partition coefficient (Wildman–Crippen LogP) is 3.96. The zero-order chi connectivity index (χ0) is 14.1. The molecule has 1 aliphatic rings. The number of ketones is 2. The van der Waals surface area contributed by atoms with E-state index < -0.39 is 0 Å². The van der Waals surface area contributed by atoms with E-state index in [1.807, 2.05) is 12.1 Å². The van der Waals surface area contributed by atoms with Crippen molar-refractivity contribution in [3.05, 3.63) is 64.7 Å². The summed E-state index contributed by atoms with van der Waals surface area (Å²) in [5, 5.41) is 0. The van der Waals surface area contributed by atoms with Crippen LogP contribution in [0.3, 0.4) is 0 Å². The van der Waals surface area contributed by atoms with Crippen molar-refractivity contribution < 1.29 is 9.59 Å². The molecule has 0 spiro atoms. The Morgan fingerprint density at radius 2 is 1.50 bits per heavy atom. The van der Waals surface area contributed by atoms with Crippen LogP contribution >= 0.6 is 11.8 Å². The molecule has 0 fully saturated rings. The van der Waals surface area contributed by atoms with Gasteiger partial charge in [-0.2, -0.15) is 0 Å². The Balaban J connectivity index is 2.18. The number of hydrogen-bond acceptors (Lipinski definition) is 3. The van der Waals surface area contributed by atoms with Gasteiger partial charge in [0, 0.05) is 27.1 Å². The first-order valence-corrected chi connectivity index (χ1v) is 7.67. The van der Waals surface area contributed by atoms with Crippen LogP contribution < -0.4 is 0 Å². The Labute approximate surface area is 122 Å². The van der Waals surface area contributed by atoms with E-state index in [9.17, 15) is 9.59 Å². The number of thioether (sulfide) groups is 1. The lowest BCUT2D eigenvalue weighted by Crippen LogP contribution is -2.21. The summed E-state index contributed by atoms with van der Waals surface area (Å²) in [7, 11) is 0. The standard InChI is InChI=1S/C17H14O2S/c1-2-10-20-14-9-5-8-13-15(14)17(19)12-7-4-3-6-11(12)16(13)18/h3-9H,2,10H2,1H3. The van der Waals surface area contributed by atoms with Crippen molar-refractivity contribution in [3.63, 3.8) is 0 Å². The van der Waals surface area contributed by atoms with Crippen molar-refractivity contribution >= 4 is 23.3 Å². The van der Waals surface area contributed by atoms with Gasteiger partial charge in [-0.3, -0.25) is 9.59 Å². The maximum absolute atomic E-state index is 12.7. The molecule has 0 radical (unpaired) electrons. The summed E-state index contributed by atoms with van der Waals surface area (Å²) in [4.78, 5) is 26.1. The van der Waals surface area contributed by atoms with Crippen LogP contribution in [-0.4, -0.2) is 17.3 Å². The second-order valence-corrected chi connectivity index (χ2v) is 5.87. The lowest BCUT2D eigenvalue weighted by atomic mass is 9.84. The Morgan fingerprint density at radius 1 is 0.850 bits per heavy atom. The first kappa shape index (κ1) is 13.1. The Hall–Kier alpha value is -1.87. The van der Waals surface area contributed by atoms with E-state index in [0.29, 0.717) is 22.3 Å².